The van der Waals surface area contributed by atoms with Gasteiger partial charge in [-0.25, -0.2) is 8.78 Å². The molecular weight excluding hydrogens is 336 g/mol. The van der Waals surface area contributed by atoms with Crippen LogP contribution in [0.4, 0.5) is 8.78 Å². The Hall–Kier alpha value is -0.480. The molecule has 0 aromatic heterocycles. The smallest absolute Gasteiger partial charge is 0.173 e. The van der Waals surface area contributed by atoms with Crippen LogP contribution in [-0.2, 0) is 0 Å². The average molecular weight is 362 g/mol. The Morgan fingerprint density at radius 3 is 2.48 bits per heavy atom. The molecule has 120 valence electrons. The third-order valence-corrected chi connectivity index (χ3v) is 4.81. The average Bonchev–Trinajstić information content (AvgIpc) is 2.48. The molecule has 4 heteroatoms. The van der Waals surface area contributed by atoms with E-state index in [1.54, 1.807) is 6.07 Å². The molecule has 0 radical (unpaired) electrons. The molecule has 0 spiro atoms. The number of nitrogens with one attached hydrogen (secondary N) is 1. The van der Waals surface area contributed by atoms with Crippen molar-refractivity contribution in [2.45, 2.75) is 58.9 Å². The van der Waals surface area contributed by atoms with Crippen LogP contribution < -0.4 is 5.32 Å². The van der Waals surface area contributed by atoms with E-state index < -0.39 is 11.6 Å². The normalized spacial score (nSPS) is 14.2. The van der Waals surface area contributed by atoms with Crippen molar-refractivity contribution in [1.82, 2.24) is 5.32 Å². The molecule has 0 saturated heterocycles. The van der Waals surface area contributed by atoms with Crippen LogP contribution in [0.2, 0.25) is 0 Å². The van der Waals surface area contributed by atoms with E-state index in [-0.39, 0.29) is 10.5 Å². The molecule has 2 unspecified atom stereocenters. The van der Waals surface area contributed by atoms with E-state index in [0.29, 0.717) is 5.92 Å². The predicted molar refractivity (Wildman–Crippen MR) is 88.4 cm³/mol. The molecule has 0 fully saturated rings. The largest absolute Gasteiger partial charge is 0.310 e. The van der Waals surface area contributed by atoms with Crippen molar-refractivity contribution in [1.29, 1.82) is 0 Å². The highest BCUT2D eigenvalue weighted by molar-refractivity contribution is 9.10. The van der Waals surface area contributed by atoms with Crippen LogP contribution in [0.25, 0.3) is 0 Å². The summed E-state index contributed by atoms with van der Waals surface area (Å²) < 4.78 is 27.3. The van der Waals surface area contributed by atoms with Gasteiger partial charge >= 0.3 is 0 Å². The molecule has 1 aromatic rings. The van der Waals surface area contributed by atoms with Crippen LogP contribution in [0.1, 0.15) is 64.5 Å². The Morgan fingerprint density at radius 2 is 1.90 bits per heavy atom. The SMILES string of the molecule is CCCCC(CC)CC(NCC)c1ccc(F)c(F)c1Br. The highest BCUT2D eigenvalue weighted by Gasteiger charge is 2.21. The Kier molecular flexibility index (Phi) is 8.42. The molecule has 0 aliphatic heterocycles. The summed E-state index contributed by atoms with van der Waals surface area (Å²) in [5.41, 5.74) is 0.811. The maximum Gasteiger partial charge on any atom is 0.173 e. The molecule has 21 heavy (non-hydrogen) atoms. The second kappa shape index (κ2) is 9.52. The van der Waals surface area contributed by atoms with Gasteiger partial charge in [-0.3, -0.25) is 0 Å². The Bertz CT molecular complexity index is 437. The van der Waals surface area contributed by atoms with Crippen LogP contribution in [-0.4, -0.2) is 6.54 Å². The van der Waals surface area contributed by atoms with Gasteiger partial charge in [0.1, 0.15) is 0 Å². The summed E-state index contributed by atoms with van der Waals surface area (Å²) in [4.78, 5) is 0. The molecule has 1 N–H and O–H groups in total. The number of halogens is 3. The van der Waals surface area contributed by atoms with Crippen LogP contribution in [0.5, 0.6) is 0 Å². The molecule has 0 heterocycles. The summed E-state index contributed by atoms with van der Waals surface area (Å²) in [6.07, 6.45) is 5.67. The first kappa shape index (κ1) is 18.6. The summed E-state index contributed by atoms with van der Waals surface area (Å²) in [6.45, 7) is 7.23. The van der Waals surface area contributed by atoms with Crippen LogP contribution in [0, 0.1) is 17.6 Å². The van der Waals surface area contributed by atoms with Crippen molar-refractivity contribution in [3.8, 4) is 0 Å². The van der Waals surface area contributed by atoms with Crippen molar-refractivity contribution in [2.75, 3.05) is 6.54 Å². The standard InChI is InChI=1S/C17H26BrF2N/c1-4-7-8-12(5-2)11-15(21-6-3)13-9-10-14(19)17(20)16(13)18/h9-10,12,15,21H,4-8,11H2,1-3H3. The van der Waals surface area contributed by atoms with Gasteiger partial charge in [0.15, 0.2) is 11.6 Å². The fraction of sp³-hybridized carbons (Fsp3) is 0.647. The van der Waals surface area contributed by atoms with E-state index in [1.165, 1.54) is 25.3 Å². The number of hydrogen-bond acceptors (Lipinski definition) is 1. The molecule has 0 amide bonds. The van der Waals surface area contributed by atoms with Crippen LogP contribution >= 0.6 is 15.9 Å². The lowest BCUT2D eigenvalue weighted by molar-refractivity contribution is 0.355. The van der Waals surface area contributed by atoms with E-state index in [0.717, 1.165) is 24.9 Å². The minimum Gasteiger partial charge on any atom is -0.310 e. The van der Waals surface area contributed by atoms with Gasteiger partial charge < -0.3 is 5.32 Å². The third-order valence-electron chi connectivity index (χ3n) is 4.00. The molecule has 0 saturated carbocycles. The third kappa shape index (κ3) is 5.33. The predicted octanol–water partition coefficient (Wildman–Crippen LogP) is 5.98. The first-order chi connectivity index (χ1) is 10.0. The van der Waals surface area contributed by atoms with Crippen LogP contribution in [0.15, 0.2) is 16.6 Å². The van der Waals surface area contributed by atoms with Gasteiger partial charge in [0.25, 0.3) is 0 Å². The summed E-state index contributed by atoms with van der Waals surface area (Å²) in [5, 5.41) is 3.41. The van der Waals surface area contributed by atoms with E-state index >= 15 is 0 Å². The number of hydrogen-bond donors (Lipinski definition) is 1. The van der Waals surface area contributed by atoms with Crippen molar-refractivity contribution < 1.29 is 8.78 Å². The molecule has 1 rings (SSSR count). The lowest BCUT2D eigenvalue weighted by Gasteiger charge is -2.25. The lowest BCUT2D eigenvalue weighted by atomic mass is 9.89. The summed E-state index contributed by atoms with van der Waals surface area (Å²) >= 11 is 3.21. The van der Waals surface area contributed by atoms with Crippen molar-refractivity contribution in [2.24, 2.45) is 5.92 Å². The van der Waals surface area contributed by atoms with E-state index in [9.17, 15) is 8.78 Å². The highest BCUT2D eigenvalue weighted by Crippen LogP contribution is 2.33. The van der Waals surface area contributed by atoms with Gasteiger partial charge in [0.05, 0.1) is 4.47 Å². The number of rotatable bonds is 9. The van der Waals surface area contributed by atoms with E-state index in [2.05, 4.69) is 35.1 Å². The zero-order chi connectivity index (χ0) is 15.8. The van der Waals surface area contributed by atoms with Crippen LogP contribution in [0.3, 0.4) is 0 Å². The minimum absolute atomic E-state index is 0.0567. The topological polar surface area (TPSA) is 12.0 Å². The molecule has 1 nitrogen and oxygen atoms in total. The fourth-order valence-corrected chi connectivity index (χ4v) is 3.29. The van der Waals surface area contributed by atoms with Gasteiger partial charge in [-0.1, -0.05) is 52.5 Å². The van der Waals surface area contributed by atoms with Gasteiger partial charge in [-0.2, -0.15) is 0 Å². The number of benzene rings is 1. The monoisotopic (exact) mass is 361 g/mol. The quantitative estimate of drug-likeness (QED) is 0.533. The highest BCUT2D eigenvalue weighted by atomic mass is 79.9. The summed E-state index contributed by atoms with van der Waals surface area (Å²) in [7, 11) is 0. The van der Waals surface area contributed by atoms with E-state index in [1.807, 2.05) is 6.92 Å². The molecule has 2 atom stereocenters. The van der Waals surface area contributed by atoms with Crippen molar-refractivity contribution in [3.05, 3.63) is 33.8 Å². The van der Waals surface area contributed by atoms with Crippen molar-refractivity contribution in [3.63, 3.8) is 0 Å². The van der Waals surface area contributed by atoms with Gasteiger partial charge in [0, 0.05) is 6.04 Å². The second-order valence-corrected chi connectivity index (χ2v) is 6.32. The Morgan fingerprint density at radius 1 is 1.19 bits per heavy atom. The fourth-order valence-electron chi connectivity index (χ4n) is 2.69. The second-order valence-electron chi connectivity index (χ2n) is 5.53. The molecule has 1 aromatic carbocycles. The maximum absolute atomic E-state index is 13.8. The summed E-state index contributed by atoms with van der Waals surface area (Å²) in [5.74, 6) is -0.995. The maximum atomic E-state index is 13.8. The Labute approximate surface area is 135 Å². The first-order valence-electron chi connectivity index (χ1n) is 7.91. The zero-order valence-corrected chi connectivity index (χ0v) is 14.8. The minimum atomic E-state index is -0.807. The van der Waals surface area contributed by atoms with Crippen molar-refractivity contribution >= 4 is 15.9 Å². The first-order valence-corrected chi connectivity index (χ1v) is 8.71. The number of unbranched alkanes of at least 4 members (excludes halogenated alkanes) is 1. The molecule has 0 aliphatic rings. The zero-order valence-electron chi connectivity index (χ0n) is 13.2. The molecule has 0 aliphatic carbocycles. The molecule has 0 bridgehead atoms. The van der Waals surface area contributed by atoms with E-state index in [4.69, 9.17) is 0 Å². The Balaban J connectivity index is 2.93. The lowest BCUT2D eigenvalue weighted by Crippen LogP contribution is -2.24. The van der Waals surface area contributed by atoms with Gasteiger partial charge in [-0.05, 0) is 46.4 Å². The van der Waals surface area contributed by atoms with Gasteiger partial charge in [0.2, 0.25) is 0 Å². The molecular formula is C17H26BrF2N. The summed E-state index contributed by atoms with van der Waals surface area (Å²) in [6, 6.07) is 2.95. The van der Waals surface area contributed by atoms with Gasteiger partial charge in [-0.15, -0.1) is 0 Å².